The van der Waals surface area contributed by atoms with Crippen LogP contribution in [0, 0.1) is 0 Å². The van der Waals surface area contributed by atoms with Gasteiger partial charge in [0.05, 0.1) is 18.2 Å². The normalized spacial score (nSPS) is 20.3. The topological polar surface area (TPSA) is 62.7 Å². The van der Waals surface area contributed by atoms with Crippen molar-refractivity contribution in [3.8, 4) is 0 Å². The Morgan fingerprint density at radius 3 is 3.25 bits per heavy atom. The highest BCUT2D eigenvalue weighted by molar-refractivity contribution is 7.13. The van der Waals surface area contributed by atoms with Gasteiger partial charge in [-0.1, -0.05) is 0 Å². The number of aromatic nitrogens is 1. The third kappa shape index (κ3) is 2.51. The van der Waals surface area contributed by atoms with Crippen LogP contribution in [-0.4, -0.2) is 42.4 Å². The zero-order chi connectivity index (χ0) is 11.5. The number of carbonyl (C=O) groups is 1. The van der Waals surface area contributed by atoms with Crippen molar-refractivity contribution in [1.82, 2.24) is 4.98 Å². The lowest BCUT2D eigenvalue weighted by molar-refractivity contribution is -0.136. The molecule has 1 aliphatic heterocycles. The second-order valence-corrected chi connectivity index (χ2v) is 4.62. The largest absolute Gasteiger partial charge is 0.481 e. The Kier molecular flexibility index (Phi) is 3.40. The number of aliphatic carboxylic acids is 1. The summed E-state index contributed by atoms with van der Waals surface area (Å²) in [5, 5.41) is 11.4. The lowest BCUT2D eigenvalue weighted by Crippen LogP contribution is -2.22. The van der Waals surface area contributed by atoms with Crippen molar-refractivity contribution in [3.63, 3.8) is 0 Å². The average molecular weight is 242 g/mol. The molecular formula is C10H14N2O3S. The first kappa shape index (κ1) is 11.3. The minimum atomic E-state index is -0.840. The monoisotopic (exact) mass is 242 g/mol. The van der Waals surface area contributed by atoms with E-state index in [4.69, 9.17) is 9.84 Å². The molecule has 0 saturated carbocycles. The van der Waals surface area contributed by atoms with Crippen LogP contribution < -0.4 is 4.90 Å². The molecule has 0 amide bonds. The van der Waals surface area contributed by atoms with E-state index in [2.05, 4.69) is 9.88 Å². The first-order valence-corrected chi connectivity index (χ1v) is 6.01. The fraction of sp³-hybridized carbons (Fsp3) is 0.600. The molecule has 0 bridgehead atoms. The molecule has 1 aliphatic rings. The first-order valence-electron chi connectivity index (χ1n) is 5.13. The molecule has 1 atom stereocenters. The lowest BCUT2D eigenvalue weighted by atomic mass is 10.3. The van der Waals surface area contributed by atoms with E-state index in [1.54, 1.807) is 7.11 Å². The predicted molar refractivity (Wildman–Crippen MR) is 61.1 cm³/mol. The molecule has 88 valence electrons. The van der Waals surface area contributed by atoms with Crippen molar-refractivity contribution in [3.05, 3.63) is 11.1 Å². The Labute approximate surface area is 97.7 Å². The van der Waals surface area contributed by atoms with Crippen LogP contribution in [0.1, 0.15) is 12.1 Å². The molecule has 2 heterocycles. The van der Waals surface area contributed by atoms with Crippen LogP contribution in [0.3, 0.4) is 0 Å². The molecule has 1 fully saturated rings. The fourth-order valence-corrected chi connectivity index (χ4v) is 2.63. The molecule has 0 radical (unpaired) electrons. The summed E-state index contributed by atoms with van der Waals surface area (Å²) < 4.78 is 5.28. The van der Waals surface area contributed by atoms with Gasteiger partial charge in [-0.05, 0) is 6.42 Å². The van der Waals surface area contributed by atoms with Crippen molar-refractivity contribution in [2.75, 3.05) is 25.1 Å². The van der Waals surface area contributed by atoms with E-state index in [9.17, 15) is 4.79 Å². The summed E-state index contributed by atoms with van der Waals surface area (Å²) in [5.74, 6) is -0.840. The number of methoxy groups -OCH3 is 1. The first-order chi connectivity index (χ1) is 7.69. The van der Waals surface area contributed by atoms with E-state index in [1.165, 1.54) is 11.3 Å². The number of hydrogen-bond donors (Lipinski definition) is 1. The molecule has 1 saturated heterocycles. The van der Waals surface area contributed by atoms with Gasteiger partial charge in [-0.3, -0.25) is 4.79 Å². The van der Waals surface area contributed by atoms with Gasteiger partial charge in [0.1, 0.15) is 0 Å². The summed E-state index contributed by atoms with van der Waals surface area (Å²) in [6, 6.07) is 0. The maximum absolute atomic E-state index is 10.5. The highest BCUT2D eigenvalue weighted by Crippen LogP contribution is 2.25. The van der Waals surface area contributed by atoms with E-state index in [0.717, 1.165) is 24.6 Å². The summed E-state index contributed by atoms with van der Waals surface area (Å²) >= 11 is 1.50. The van der Waals surface area contributed by atoms with Crippen LogP contribution in [0.15, 0.2) is 5.38 Å². The SMILES string of the molecule is COC1CCN(c2nc(CC(=O)O)cs2)C1. The van der Waals surface area contributed by atoms with E-state index >= 15 is 0 Å². The minimum Gasteiger partial charge on any atom is -0.481 e. The van der Waals surface area contributed by atoms with Crippen LogP contribution in [0.2, 0.25) is 0 Å². The van der Waals surface area contributed by atoms with Crippen molar-refractivity contribution in [2.24, 2.45) is 0 Å². The molecule has 2 rings (SSSR count). The molecular weight excluding hydrogens is 228 g/mol. The highest BCUT2D eigenvalue weighted by atomic mass is 32.1. The van der Waals surface area contributed by atoms with Crippen LogP contribution >= 0.6 is 11.3 Å². The molecule has 0 spiro atoms. The van der Waals surface area contributed by atoms with Crippen molar-refractivity contribution < 1.29 is 14.6 Å². The van der Waals surface area contributed by atoms with Gasteiger partial charge in [-0.25, -0.2) is 4.98 Å². The van der Waals surface area contributed by atoms with Crippen molar-refractivity contribution in [1.29, 1.82) is 0 Å². The van der Waals surface area contributed by atoms with Gasteiger partial charge in [0.2, 0.25) is 0 Å². The molecule has 1 aromatic rings. The van der Waals surface area contributed by atoms with E-state index < -0.39 is 5.97 Å². The quantitative estimate of drug-likeness (QED) is 0.853. The number of anilines is 1. The minimum absolute atomic E-state index is 0.00194. The van der Waals surface area contributed by atoms with Gasteiger partial charge < -0.3 is 14.7 Å². The maximum atomic E-state index is 10.5. The Morgan fingerprint density at radius 1 is 1.81 bits per heavy atom. The standard InChI is InChI=1S/C10H14N2O3S/c1-15-8-2-3-12(5-8)10-11-7(6-16-10)4-9(13)14/h6,8H,2-5H2,1H3,(H,13,14). The summed E-state index contributed by atoms with van der Waals surface area (Å²) in [6.45, 7) is 1.77. The molecule has 6 heteroatoms. The lowest BCUT2D eigenvalue weighted by Gasteiger charge is -2.13. The summed E-state index contributed by atoms with van der Waals surface area (Å²) in [5.41, 5.74) is 0.633. The third-order valence-corrected chi connectivity index (χ3v) is 3.57. The molecule has 5 nitrogen and oxygen atoms in total. The van der Waals surface area contributed by atoms with Crippen LogP contribution in [0.25, 0.3) is 0 Å². The Balaban J connectivity index is 1.99. The second kappa shape index (κ2) is 4.80. The number of thiazole rings is 1. The number of rotatable bonds is 4. The second-order valence-electron chi connectivity index (χ2n) is 3.78. The average Bonchev–Trinajstić information content (AvgIpc) is 2.83. The molecule has 1 N–H and O–H groups in total. The number of nitrogens with zero attached hydrogens (tertiary/aromatic N) is 2. The van der Waals surface area contributed by atoms with E-state index in [0.29, 0.717) is 5.69 Å². The molecule has 1 unspecified atom stereocenters. The van der Waals surface area contributed by atoms with Gasteiger partial charge in [0, 0.05) is 25.6 Å². The van der Waals surface area contributed by atoms with Crippen molar-refractivity contribution >= 4 is 22.4 Å². The van der Waals surface area contributed by atoms with Gasteiger partial charge in [-0.15, -0.1) is 11.3 Å². The van der Waals surface area contributed by atoms with Crippen LogP contribution in [0.4, 0.5) is 5.13 Å². The smallest absolute Gasteiger partial charge is 0.309 e. The van der Waals surface area contributed by atoms with Gasteiger partial charge >= 0.3 is 5.97 Å². The predicted octanol–water partition coefficient (Wildman–Crippen LogP) is 0.995. The Hall–Kier alpha value is -1.14. The number of carboxylic acid groups (broad SMARTS) is 1. The Bertz CT molecular complexity index is 380. The number of hydrogen-bond acceptors (Lipinski definition) is 5. The van der Waals surface area contributed by atoms with Crippen LogP contribution in [0.5, 0.6) is 0 Å². The highest BCUT2D eigenvalue weighted by Gasteiger charge is 2.24. The third-order valence-electron chi connectivity index (χ3n) is 2.62. The van der Waals surface area contributed by atoms with Gasteiger partial charge in [0.15, 0.2) is 5.13 Å². The van der Waals surface area contributed by atoms with Crippen molar-refractivity contribution in [2.45, 2.75) is 18.9 Å². The summed E-state index contributed by atoms with van der Waals surface area (Å²) in [6.07, 6.45) is 1.27. The van der Waals surface area contributed by atoms with Crippen LogP contribution in [-0.2, 0) is 16.0 Å². The maximum Gasteiger partial charge on any atom is 0.309 e. The molecule has 0 aliphatic carbocycles. The molecule has 0 aromatic carbocycles. The zero-order valence-corrected chi connectivity index (χ0v) is 9.87. The number of carboxylic acids is 1. The van der Waals surface area contributed by atoms with E-state index in [1.807, 2.05) is 5.38 Å². The van der Waals surface area contributed by atoms with Gasteiger partial charge in [0.25, 0.3) is 0 Å². The summed E-state index contributed by atoms with van der Waals surface area (Å²) in [4.78, 5) is 17.0. The molecule has 16 heavy (non-hydrogen) atoms. The molecule has 1 aromatic heterocycles. The van der Waals surface area contributed by atoms with Gasteiger partial charge in [-0.2, -0.15) is 0 Å². The van der Waals surface area contributed by atoms with E-state index in [-0.39, 0.29) is 12.5 Å². The zero-order valence-electron chi connectivity index (χ0n) is 9.05. The number of ether oxygens (including phenoxy) is 1. The fourth-order valence-electron chi connectivity index (χ4n) is 1.77. The summed E-state index contributed by atoms with van der Waals surface area (Å²) in [7, 11) is 1.71. The Morgan fingerprint density at radius 2 is 2.62 bits per heavy atom.